The minimum atomic E-state index is 0.0712. The highest BCUT2D eigenvalue weighted by Crippen LogP contribution is 2.36. The molecule has 0 aromatic heterocycles. The Labute approximate surface area is 50.6 Å². The van der Waals surface area contributed by atoms with Crippen molar-refractivity contribution in [2.24, 2.45) is 11.7 Å². The van der Waals surface area contributed by atoms with Crippen molar-refractivity contribution in [1.82, 2.24) is 0 Å². The van der Waals surface area contributed by atoms with Crippen molar-refractivity contribution < 1.29 is 0 Å². The Morgan fingerprint density at radius 1 is 1.88 bits per heavy atom. The maximum absolute atomic E-state index is 5.81. The number of rotatable bonds is 1. The van der Waals surface area contributed by atoms with Crippen LogP contribution in [-0.2, 0) is 0 Å². The Kier molecular flexibility index (Phi) is 1.16. The van der Waals surface area contributed by atoms with Gasteiger partial charge in [-0.2, -0.15) is 0 Å². The summed E-state index contributed by atoms with van der Waals surface area (Å²) in [4.78, 5) is 0. The fraction of sp³-hybridized carbons (Fsp3) is 0.714. The van der Waals surface area contributed by atoms with Gasteiger partial charge < -0.3 is 5.73 Å². The summed E-state index contributed by atoms with van der Waals surface area (Å²) in [5, 5.41) is 0. The van der Waals surface area contributed by atoms with Crippen LogP contribution in [0, 0.1) is 5.92 Å². The monoisotopic (exact) mass is 111 g/mol. The molecule has 1 aliphatic carbocycles. The van der Waals surface area contributed by atoms with E-state index in [1.54, 1.807) is 0 Å². The fourth-order valence-corrected chi connectivity index (χ4v) is 1.15. The van der Waals surface area contributed by atoms with E-state index in [0.29, 0.717) is 5.92 Å². The molecule has 0 aromatic carbocycles. The first-order chi connectivity index (χ1) is 3.67. The molecule has 1 fully saturated rings. The zero-order valence-electron chi connectivity index (χ0n) is 5.35. The lowest BCUT2D eigenvalue weighted by atomic mass is 9.69. The Bertz CT molecular complexity index is 105. The summed E-state index contributed by atoms with van der Waals surface area (Å²) in [6, 6.07) is 0. The van der Waals surface area contributed by atoms with E-state index in [-0.39, 0.29) is 5.54 Å². The molecule has 0 aliphatic heterocycles. The lowest BCUT2D eigenvalue weighted by Crippen LogP contribution is -2.51. The molecule has 2 N–H and O–H groups in total. The van der Waals surface area contributed by atoms with Gasteiger partial charge in [-0.15, -0.1) is 6.58 Å². The second kappa shape index (κ2) is 1.59. The van der Waals surface area contributed by atoms with Crippen LogP contribution >= 0.6 is 0 Å². The number of hydrogen-bond acceptors (Lipinski definition) is 1. The summed E-state index contributed by atoms with van der Waals surface area (Å²) >= 11 is 0. The summed E-state index contributed by atoms with van der Waals surface area (Å²) in [5.74, 6) is 0.572. The molecule has 0 heterocycles. The predicted octanol–water partition coefficient (Wildman–Crippen LogP) is 1.30. The molecule has 2 unspecified atom stereocenters. The van der Waals surface area contributed by atoms with Crippen LogP contribution in [0.1, 0.15) is 19.8 Å². The zero-order valence-corrected chi connectivity index (χ0v) is 5.35. The van der Waals surface area contributed by atoms with Crippen LogP contribution in [0.5, 0.6) is 0 Å². The first-order valence-corrected chi connectivity index (χ1v) is 3.08. The van der Waals surface area contributed by atoms with Crippen LogP contribution in [0.4, 0.5) is 0 Å². The van der Waals surface area contributed by atoms with E-state index in [9.17, 15) is 0 Å². The summed E-state index contributed by atoms with van der Waals surface area (Å²) in [7, 11) is 0. The van der Waals surface area contributed by atoms with E-state index >= 15 is 0 Å². The molecule has 0 radical (unpaired) electrons. The van der Waals surface area contributed by atoms with Gasteiger partial charge >= 0.3 is 0 Å². The summed E-state index contributed by atoms with van der Waals surface area (Å²) < 4.78 is 0. The van der Waals surface area contributed by atoms with Crippen LogP contribution in [-0.4, -0.2) is 5.54 Å². The van der Waals surface area contributed by atoms with Gasteiger partial charge in [0.05, 0.1) is 0 Å². The third-order valence-electron chi connectivity index (χ3n) is 2.13. The number of hydrogen-bond donors (Lipinski definition) is 1. The predicted molar refractivity (Wildman–Crippen MR) is 35.5 cm³/mol. The lowest BCUT2D eigenvalue weighted by Gasteiger charge is -2.42. The molecule has 0 aromatic rings. The molecule has 8 heavy (non-hydrogen) atoms. The van der Waals surface area contributed by atoms with E-state index in [1.807, 2.05) is 6.08 Å². The van der Waals surface area contributed by atoms with E-state index < -0.39 is 0 Å². The van der Waals surface area contributed by atoms with Crippen molar-refractivity contribution in [3.8, 4) is 0 Å². The molecule has 0 saturated heterocycles. The summed E-state index contributed by atoms with van der Waals surface area (Å²) in [6.07, 6.45) is 4.35. The van der Waals surface area contributed by atoms with Gasteiger partial charge in [0, 0.05) is 5.54 Å². The highest BCUT2D eigenvalue weighted by Gasteiger charge is 2.36. The molecule has 0 bridgehead atoms. The van der Waals surface area contributed by atoms with E-state index in [2.05, 4.69) is 13.5 Å². The van der Waals surface area contributed by atoms with Crippen molar-refractivity contribution in [2.45, 2.75) is 25.3 Å². The smallest absolute Gasteiger partial charge is 0.0189 e. The van der Waals surface area contributed by atoms with Crippen molar-refractivity contribution in [3.63, 3.8) is 0 Å². The van der Waals surface area contributed by atoms with Gasteiger partial charge in [-0.25, -0.2) is 0 Å². The SMILES string of the molecule is C=CC1CCC1(C)N. The van der Waals surface area contributed by atoms with E-state index in [4.69, 9.17) is 5.73 Å². The van der Waals surface area contributed by atoms with Crippen LogP contribution in [0.15, 0.2) is 12.7 Å². The normalized spacial score (nSPS) is 45.5. The third-order valence-corrected chi connectivity index (χ3v) is 2.13. The average Bonchev–Trinajstić information content (AvgIpc) is 1.66. The lowest BCUT2D eigenvalue weighted by molar-refractivity contribution is 0.195. The minimum absolute atomic E-state index is 0.0712. The molecule has 0 amide bonds. The topological polar surface area (TPSA) is 26.0 Å². The zero-order chi connectivity index (χ0) is 6.20. The summed E-state index contributed by atoms with van der Waals surface area (Å²) in [5.41, 5.74) is 5.88. The van der Waals surface area contributed by atoms with Gasteiger partial charge in [-0.05, 0) is 25.7 Å². The highest BCUT2D eigenvalue weighted by molar-refractivity contribution is 5.04. The van der Waals surface area contributed by atoms with Crippen LogP contribution in [0.2, 0.25) is 0 Å². The molecule has 1 nitrogen and oxygen atoms in total. The molecule has 46 valence electrons. The highest BCUT2D eigenvalue weighted by atomic mass is 14.8. The van der Waals surface area contributed by atoms with E-state index in [1.165, 1.54) is 6.42 Å². The van der Waals surface area contributed by atoms with Gasteiger partial charge in [0.2, 0.25) is 0 Å². The van der Waals surface area contributed by atoms with Gasteiger partial charge in [0.25, 0.3) is 0 Å². The molecular weight excluding hydrogens is 98.1 g/mol. The Morgan fingerprint density at radius 2 is 2.50 bits per heavy atom. The van der Waals surface area contributed by atoms with Crippen molar-refractivity contribution >= 4 is 0 Å². The number of nitrogens with two attached hydrogens (primary N) is 1. The van der Waals surface area contributed by atoms with Gasteiger partial charge in [0.1, 0.15) is 0 Å². The minimum Gasteiger partial charge on any atom is -0.325 e. The Hall–Kier alpha value is -0.300. The largest absolute Gasteiger partial charge is 0.325 e. The van der Waals surface area contributed by atoms with Crippen molar-refractivity contribution in [2.75, 3.05) is 0 Å². The molecular formula is C7H13N. The standard InChI is InChI=1S/C7H13N/c1-3-6-4-5-7(6,2)8/h3,6H,1,4-5,8H2,2H3. The molecule has 1 heteroatoms. The first kappa shape index (κ1) is 5.83. The fourth-order valence-electron chi connectivity index (χ4n) is 1.15. The average molecular weight is 111 g/mol. The van der Waals surface area contributed by atoms with Gasteiger partial charge in [0.15, 0.2) is 0 Å². The van der Waals surface area contributed by atoms with Crippen LogP contribution in [0.3, 0.4) is 0 Å². The second-order valence-corrected chi connectivity index (χ2v) is 2.89. The molecule has 1 saturated carbocycles. The van der Waals surface area contributed by atoms with Gasteiger partial charge in [-0.1, -0.05) is 6.08 Å². The van der Waals surface area contributed by atoms with E-state index in [0.717, 1.165) is 6.42 Å². The van der Waals surface area contributed by atoms with Crippen molar-refractivity contribution in [3.05, 3.63) is 12.7 Å². The van der Waals surface area contributed by atoms with Crippen LogP contribution in [0.25, 0.3) is 0 Å². The quantitative estimate of drug-likeness (QED) is 0.507. The maximum Gasteiger partial charge on any atom is 0.0189 e. The maximum atomic E-state index is 5.81. The molecule has 0 spiro atoms. The Balaban J connectivity index is 2.49. The third kappa shape index (κ3) is 0.671. The summed E-state index contributed by atoms with van der Waals surface area (Å²) in [6.45, 7) is 5.78. The van der Waals surface area contributed by atoms with Crippen LogP contribution < -0.4 is 5.73 Å². The molecule has 2 atom stereocenters. The molecule has 1 aliphatic rings. The molecule has 1 rings (SSSR count). The second-order valence-electron chi connectivity index (χ2n) is 2.89. The first-order valence-electron chi connectivity index (χ1n) is 3.08. The van der Waals surface area contributed by atoms with Crippen molar-refractivity contribution in [1.29, 1.82) is 0 Å². The van der Waals surface area contributed by atoms with Gasteiger partial charge in [-0.3, -0.25) is 0 Å². The Morgan fingerprint density at radius 3 is 2.50 bits per heavy atom.